The lowest BCUT2D eigenvalue weighted by molar-refractivity contribution is -0.124. The second-order valence-corrected chi connectivity index (χ2v) is 6.87. The maximum absolute atomic E-state index is 12.2. The first-order valence-corrected chi connectivity index (χ1v) is 8.65. The Balaban J connectivity index is 1.44. The van der Waals surface area contributed by atoms with Crippen LogP contribution in [0.3, 0.4) is 0 Å². The lowest BCUT2D eigenvalue weighted by Crippen LogP contribution is -2.40. The van der Waals surface area contributed by atoms with Gasteiger partial charge in [0.2, 0.25) is 0 Å². The maximum atomic E-state index is 12.2. The van der Waals surface area contributed by atoms with Crippen LogP contribution in [0.2, 0.25) is 0 Å². The largest absolute Gasteiger partial charge is 0.483 e. The van der Waals surface area contributed by atoms with Gasteiger partial charge in [0.25, 0.3) is 5.91 Å². The fourth-order valence-corrected chi connectivity index (χ4v) is 3.43. The van der Waals surface area contributed by atoms with Gasteiger partial charge in [-0.2, -0.15) is 0 Å². The quantitative estimate of drug-likeness (QED) is 0.795. The van der Waals surface area contributed by atoms with Crippen LogP contribution >= 0.6 is 0 Å². The smallest absolute Gasteiger partial charge is 0.258 e. The number of aldehydes is 1. The van der Waals surface area contributed by atoms with Crippen LogP contribution in [-0.2, 0) is 4.79 Å². The number of hydrogen-bond acceptors (Lipinski definition) is 3. The first kappa shape index (κ1) is 15.2. The second-order valence-electron chi connectivity index (χ2n) is 6.87. The van der Waals surface area contributed by atoms with Crippen molar-refractivity contribution in [1.29, 1.82) is 0 Å². The number of nitrogens with one attached hydrogen (secondary N) is 1. The molecule has 4 rings (SSSR count). The van der Waals surface area contributed by atoms with Gasteiger partial charge < -0.3 is 10.1 Å². The van der Waals surface area contributed by atoms with Crippen molar-refractivity contribution in [1.82, 2.24) is 5.32 Å². The summed E-state index contributed by atoms with van der Waals surface area (Å²) < 4.78 is 5.66. The molecule has 0 radical (unpaired) electrons. The third-order valence-electron chi connectivity index (χ3n) is 4.99. The molecule has 0 saturated heterocycles. The molecule has 2 aliphatic carbocycles. The number of rotatable bonds is 7. The molecule has 2 saturated carbocycles. The van der Waals surface area contributed by atoms with Gasteiger partial charge in [0, 0.05) is 6.04 Å². The molecule has 2 fully saturated rings. The van der Waals surface area contributed by atoms with Gasteiger partial charge in [0.15, 0.2) is 12.9 Å². The molecule has 4 nitrogen and oxygen atoms in total. The Labute approximate surface area is 141 Å². The van der Waals surface area contributed by atoms with Crippen LogP contribution in [0.25, 0.3) is 10.8 Å². The van der Waals surface area contributed by atoms with Crippen molar-refractivity contribution in [3.63, 3.8) is 0 Å². The summed E-state index contributed by atoms with van der Waals surface area (Å²) in [6.45, 7) is -0.0465. The third kappa shape index (κ3) is 3.14. The van der Waals surface area contributed by atoms with Crippen molar-refractivity contribution >= 4 is 23.0 Å². The summed E-state index contributed by atoms with van der Waals surface area (Å²) in [5, 5.41) is 4.97. The Morgan fingerprint density at radius 3 is 2.50 bits per heavy atom. The van der Waals surface area contributed by atoms with Crippen LogP contribution in [0.1, 0.15) is 36.0 Å². The van der Waals surface area contributed by atoms with E-state index < -0.39 is 0 Å². The van der Waals surface area contributed by atoms with Crippen LogP contribution in [0, 0.1) is 11.8 Å². The summed E-state index contributed by atoms with van der Waals surface area (Å²) in [6.07, 6.45) is 5.70. The predicted molar refractivity (Wildman–Crippen MR) is 92.2 cm³/mol. The van der Waals surface area contributed by atoms with E-state index >= 15 is 0 Å². The molecule has 124 valence electrons. The van der Waals surface area contributed by atoms with E-state index in [1.165, 1.54) is 25.7 Å². The molecule has 0 bridgehead atoms. The van der Waals surface area contributed by atoms with Crippen molar-refractivity contribution < 1.29 is 14.3 Å². The van der Waals surface area contributed by atoms with Gasteiger partial charge >= 0.3 is 0 Å². The number of amides is 1. The number of fused-ring (bicyclic) bond motifs is 1. The van der Waals surface area contributed by atoms with Gasteiger partial charge in [-0.15, -0.1) is 0 Å². The number of carbonyl (C=O) groups is 2. The summed E-state index contributed by atoms with van der Waals surface area (Å²) in [4.78, 5) is 23.7. The molecule has 0 aliphatic heterocycles. The number of benzene rings is 2. The average Bonchev–Trinajstić information content (AvgIpc) is 3.49. The van der Waals surface area contributed by atoms with Gasteiger partial charge in [0.05, 0.1) is 5.56 Å². The summed E-state index contributed by atoms with van der Waals surface area (Å²) >= 11 is 0. The van der Waals surface area contributed by atoms with E-state index in [1.54, 1.807) is 6.07 Å². The first-order valence-electron chi connectivity index (χ1n) is 8.65. The molecule has 2 aromatic rings. The molecular formula is C20H21NO3. The van der Waals surface area contributed by atoms with E-state index in [9.17, 15) is 9.59 Å². The van der Waals surface area contributed by atoms with Gasteiger partial charge in [-0.1, -0.05) is 30.3 Å². The van der Waals surface area contributed by atoms with Crippen LogP contribution in [0.15, 0.2) is 36.4 Å². The molecule has 1 N–H and O–H groups in total. The lowest BCUT2D eigenvalue weighted by Gasteiger charge is -2.18. The van der Waals surface area contributed by atoms with Crippen molar-refractivity contribution in [2.24, 2.45) is 11.8 Å². The Kier molecular flexibility index (Phi) is 3.97. The molecule has 0 aromatic heterocycles. The number of hydrogen-bond donors (Lipinski definition) is 1. The monoisotopic (exact) mass is 323 g/mol. The fourth-order valence-electron chi connectivity index (χ4n) is 3.43. The zero-order valence-corrected chi connectivity index (χ0v) is 13.5. The van der Waals surface area contributed by atoms with Crippen LogP contribution in [0.4, 0.5) is 0 Å². The third-order valence-corrected chi connectivity index (χ3v) is 4.99. The number of carbonyl (C=O) groups excluding carboxylic acids is 2. The molecule has 0 heterocycles. The maximum Gasteiger partial charge on any atom is 0.258 e. The Bertz CT molecular complexity index is 766. The summed E-state index contributed by atoms with van der Waals surface area (Å²) in [5.41, 5.74) is 0.502. The zero-order valence-electron chi connectivity index (χ0n) is 13.5. The molecule has 24 heavy (non-hydrogen) atoms. The highest BCUT2D eigenvalue weighted by Gasteiger charge is 2.42. The highest BCUT2D eigenvalue weighted by atomic mass is 16.5. The van der Waals surface area contributed by atoms with Crippen molar-refractivity contribution in [2.75, 3.05) is 6.61 Å². The molecule has 0 spiro atoms. The van der Waals surface area contributed by atoms with Crippen LogP contribution in [0.5, 0.6) is 5.75 Å². The van der Waals surface area contributed by atoms with E-state index in [0.29, 0.717) is 29.2 Å². The second kappa shape index (κ2) is 6.27. The molecule has 0 atom stereocenters. The molecule has 4 heteroatoms. The first-order chi connectivity index (χ1) is 11.8. The van der Waals surface area contributed by atoms with Crippen LogP contribution < -0.4 is 10.1 Å². The van der Waals surface area contributed by atoms with E-state index in [4.69, 9.17) is 4.74 Å². The molecule has 2 aromatic carbocycles. The average molecular weight is 323 g/mol. The summed E-state index contributed by atoms with van der Waals surface area (Å²) in [7, 11) is 0. The summed E-state index contributed by atoms with van der Waals surface area (Å²) in [6, 6.07) is 11.7. The van der Waals surface area contributed by atoms with Crippen LogP contribution in [-0.4, -0.2) is 24.8 Å². The van der Waals surface area contributed by atoms with Gasteiger partial charge in [-0.3, -0.25) is 9.59 Å². The van der Waals surface area contributed by atoms with Crippen molar-refractivity contribution in [2.45, 2.75) is 31.7 Å². The summed E-state index contributed by atoms with van der Waals surface area (Å²) in [5.74, 6) is 1.69. The minimum atomic E-state index is -0.0937. The normalized spacial score (nSPS) is 17.0. The zero-order chi connectivity index (χ0) is 16.5. The molecule has 0 unspecified atom stereocenters. The van der Waals surface area contributed by atoms with E-state index in [0.717, 1.165) is 17.1 Å². The van der Waals surface area contributed by atoms with Gasteiger partial charge in [-0.05, 0) is 54.4 Å². The van der Waals surface area contributed by atoms with E-state index in [2.05, 4.69) is 5.32 Å². The molecule has 1 amide bonds. The van der Waals surface area contributed by atoms with Crippen molar-refractivity contribution in [3.05, 3.63) is 42.0 Å². The molecular weight excluding hydrogens is 302 g/mol. The Morgan fingerprint density at radius 1 is 1.12 bits per heavy atom. The Hall–Kier alpha value is -2.36. The highest BCUT2D eigenvalue weighted by Crippen LogP contribution is 2.44. The minimum absolute atomic E-state index is 0.0465. The highest BCUT2D eigenvalue weighted by molar-refractivity contribution is 6.00. The lowest BCUT2D eigenvalue weighted by atomic mass is 10.0. The van der Waals surface area contributed by atoms with Gasteiger partial charge in [0.1, 0.15) is 5.75 Å². The SMILES string of the molecule is O=Cc1c(OCC(=O)NC(C2CC2)C2CC2)ccc2ccccc12. The predicted octanol–water partition coefficient (Wildman–Crippen LogP) is 3.34. The Morgan fingerprint density at radius 2 is 1.83 bits per heavy atom. The van der Waals surface area contributed by atoms with E-state index in [1.807, 2.05) is 30.3 Å². The van der Waals surface area contributed by atoms with Gasteiger partial charge in [-0.25, -0.2) is 0 Å². The minimum Gasteiger partial charge on any atom is -0.483 e. The fraction of sp³-hybridized carbons (Fsp3) is 0.400. The topological polar surface area (TPSA) is 55.4 Å². The number of ether oxygens (including phenoxy) is 1. The van der Waals surface area contributed by atoms with Crippen molar-refractivity contribution in [3.8, 4) is 5.75 Å². The van der Waals surface area contributed by atoms with E-state index in [-0.39, 0.29) is 12.5 Å². The molecule has 2 aliphatic rings. The standard InChI is InChI=1S/C20H21NO3/c22-11-17-16-4-2-1-3-13(16)9-10-18(17)24-12-19(23)21-20(14-5-6-14)15-7-8-15/h1-4,9-11,14-15,20H,5-8,12H2,(H,21,23).